The zero-order chi connectivity index (χ0) is 20.4. The zero-order valence-electron chi connectivity index (χ0n) is 17.0. The molecule has 0 aliphatic carbocycles. The standard InChI is InChI=1S/C21H27N5OS2/c1-4-13(3)24-8-6-17(27)26-21-19(18-12(2)9-23-11-16(18)29-21)20-25-14-10-22-7-5-15(14)28-20/h5,7,10,12-13,23-24H,4,6,8-9,11H2,1-3H3,(H,26,27)/t12-,13+/m1/s1. The number of anilines is 1. The predicted molar refractivity (Wildman–Crippen MR) is 122 cm³/mol. The molecule has 0 saturated carbocycles. The van der Waals surface area contributed by atoms with E-state index in [1.165, 1.54) is 10.4 Å². The zero-order valence-corrected chi connectivity index (χ0v) is 18.7. The van der Waals surface area contributed by atoms with Crippen molar-refractivity contribution in [3.05, 3.63) is 28.9 Å². The number of carbonyl (C=O) groups is 1. The summed E-state index contributed by atoms with van der Waals surface area (Å²) in [5.41, 5.74) is 3.33. The number of pyridine rings is 1. The molecule has 4 rings (SSSR count). The maximum absolute atomic E-state index is 12.6. The summed E-state index contributed by atoms with van der Waals surface area (Å²) in [5, 5.41) is 11.9. The van der Waals surface area contributed by atoms with Gasteiger partial charge in [0, 0.05) is 48.7 Å². The van der Waals surface area contributed by atoms with Crippen molar-refractivity contribution in [1.82, 2.24) is 20.6 Å². The van der Waals surface area contributed by atoms with Crippen LogP contribution in [0.1, 0.15) is 50.0 Å². The molecule has 0 saturated heterocycles. The van der Waals surface area contributed by atoms with Gasteiger partial charge >= 0.3 is 0 Å². The Balaban J connectivity index is 1.64. The molecule has 0 spiro atoms. The van der Waals surface area contributed by atoms with Gasteiger partial charge in [-0.25, -0.2) is 4.98 Å². The van der Waals surface area contributed by atoms with Crippen LogP contribution >= 0.6 is 22.7 Å². The molecule has 6 nitrogen and oxygen atoms in total. The van der Waals surface area contributed by atoms with Crippen molar-refractivity contribution < 1.29 is 4.79 Å². The fourth-order valence-corrected chi connectivity index (χ4v) is 5.97. The first-order chi connectivity index (χ1) is 14.1. The highest BCUT2D eigenvalue weighted by atomic mass is 32.1. The van der Waals surface area contributed by atoms with Gasteiger partial charge in [-0.2, -0.15) is 0 Å². The van der Waals surface area contributed by atoms with Gasteiger partial charge in [0.05, 0.1) is 10.9 Å². The topological polar surface area (TPSA) is 78.9 Å². The van der Waals surface area contributed by atoms with Crippen molar-refractivity contribution in [2.45, 2.75) is 52.1 Å². The molecule has 0 unspecified atom stereocenters. The number of nitrogens with zero attached hydrogens (tertiary/aromatic N) is 2. The van der Waals surface area contributed by atoms with E-state index in [0.717, 1.165) is 45.3 Å². The van der Waals surface area contributed by atoms with E-state index in [9.17, 15) is 4.79 Å². The lowest BCUT2D eigenvalue weighted by Gasteiger charge is -2.21. The lowest BCUT2D eigenvalue weighted by atomic mass is 9.94. The molecule has 0 aromatic carbocycles. The Morgan fingerprint density at radius 1 is 1.41 bits per heavy atom. The molecule has 1 amide bonds. The minimum absolute atomic E-state index is 0.0454. The number of carbonyl (C=O) groups excluding carboxylic acids is 1. The van der Waals surface area contributed by atoms with E-state index in [4.69, 9.17) is 4.98 Å². The molecular weight excluding hydrogens is 402 g/mol. The van der Waals surface area contributed by atoms with E-state index in [2.05, 4.69) is 41.7 Å². The fraction of sp³-hybridized carbons (Fsp3) is 0.476. The van der Waals surface area contributed by atoms with Gasteiger partial charge in [-0.3, -0.25) is 9.78 Å². The van der Waals surface area contributed by atoms with Crippen LogP contribution in [0.4, 0.5) is 5.00 Å². The van der Waals surface area contributed by atoms with Crippen molar-refractivity contribution in [3.8, 4) is 10.6 Å². The van der Waals surface area contributed by atoms with Crippen molar-refractivity contribution in [2.75, 3.05) is 18.4 Å². The summed E-state index contributed by atoms with van der Waals surface area (Å²) >= 11 is 3.35. The normalized spacial score (nSPS) is 17.3. The molecule has 2 atom stereocenters. The first kappa shape index (κ1) is 20.4. The second-order valence-corrected chi connectivity index (χ2v) is 9.73. The third-order valence-electron chi connectivity index (χ3n) is 5.36. The second-order valence-electron chi connectivity index (χ2n) is 7.60. The Morgan fingerprint density at radius 3 is 3.07 bits per heavy atom. The van der Waals surface area contributed by atoms with Crippen molar-refractivity contribution in [2.24, 2.45) is 0 Å². The Kier molecular flexibility index (Phi) is 6.24. The van der Waals surface area contributed by atoms with Crippen LogP contribution in [0.25, 0.3) is 20.8 Å². The van der Waals surface area contributed by atoms with Crippen LogP contribution in [0.3, 0.4) is 0 Å². The molecule has 154 valence electrons. The van der Waals surface area contributed by atoms with Gasteiger partial charge in [0.25, 0.3) is 0 Å². The maximum Gasteiger partial charge on any atom is 0.226 e. The van der Waals surface area contributed by atoms with Crippen LogP contribution in [0.5, 0.6) is 0 Å². The molecule has 8 heteroatoms. The van der Waals surface area contributed by atoms with Crippen LogP contribution in [-0.4, -0.2) is 35.0 Å². The first-order valence-electron chi connectivity index (χ1n) is 10.2. The number of rotatable bonds is 7. The lowest BCUT2D eigenvalue weighted by molar-refractivity contribution is -0.116. The average molecular weight is 430 g/mol. The van der Waals surface area contributed by atoms with Crippen LogP contribution in [-0.2, 0) is 11.3 Å². The van der Waals surface area contributed by atoms with Gasteiger partial charge < -0.3 is 16.0 Å². The number of thiazole rings is 1. The Morgan fingerprint density at radius 2 is 2.28 bits per heavy atom. The summed E-state index contributed by atoms with van der Waals surface area (Å²) in [6, 6.07) is 2.43. The molecule has 0 radical (unpaired) electrons. The summed E-state index contributed by atoms with van der Waals surface area (Å²) in [6.45, 7) is 8.98. The molecule has 1 aliphatic heterocycles. The summed E-state index contributed by atoms with van der Waals surface area (Å²) in [6.07, 6.45) is 5.12. The molecule has 1 aliphatic rings. The summed E-state index contributed by atoms with van der Waals surface area (Å²) < 4.78 is 1.12. The Bertz CT molecular complexity index is 979. The van der Waals surface area contributed by atoms with Crippen molar-refractivity contribution in [3.63, 3.8) is 0 Å². The van der Waals surface area contributed by atoms with E-state index in [1.807, 2.05) is 6.07 Å². The highest BCUT2D eigenvalue weighted by Crippen LogP contribution is 2.47. The number of thiophene rings is 1. The smallest absolute Gasteiger partial charge is 0.226 e. The minimum atomic E-state index is 0.0454. The number of fused-ring (bicyclic) bond motifs is 2. The van der Waals surface area contributed by atoms with Gasteiger partial charge in [-0.1, -0.05) is 13.8 Å². The fourth-order valence-electron chi connectivity index (χ4n) is 3.60. The van der Waals surface area contributed by atoms with Crippen LogP contribution < -0.4 is 16.0 Å². The van der Waals surface area contributed by atoms with Crippen molar-refractivity contribution >= 4 is 43.8 Å². The third kappa shape index (κ3) is 4.35. The number of aromatic nitrogens is 2. The quantitative estimate of drug-likeness (QED) is 0.521. The van der Waals surface area contributed by atoms with Gasteiger partial charge in [-0.15, -0.1) is 22.7 Å². The summed E-state index contributed by atoms with van der Waals surface area (Å²) in [7, 11) is 0. The molecule has 29 heavy (non-hydrogen) atoms. The minimum Gasteiger partial charge on any atom is -0.317 e. The highest BCUT2D eigenvalue weighted by Gasteiger charge is 2.28. The van der Waals surface area contributed by atoms with Gasteiger partial charge in [-0.05, 0) is 30.9 Å². The first-order valence-corrected chi connectivity index (χ1v) is 11.8. The van der Waals surface area contributed by atoms with E-state index in [1.54, 1.807) is 35.1 Å². The molecule has 0 bridgehead atoms. The Labute approximate surface area is 179 Å². The molecule has 3 aromatic heterocycles. The Hall–Kier alpha value is -1.87. The van der Waals surface area contributed by atoms with E-state index >= 15 is 0 Å². The molecule has 4 heterocycles. The van der Waals surface area contributed by atoms with Gasteiger partial charge in [0.1, 0.15) is 15.5 Å². The van der Waals surface area contributed by atoms with E-state index in [0.29, 0.717) is 24.9 Å². The average Bonchev–Trinajstić information content (AvgIpc) is 3.29. The van der Waals surface area contributed by atoms with Crippen LogP contribution in [0.15, 0.2) is 18.5 Å². The van der Waals surface area contributed by atoms with Crippen LogP contribution in [0, 0.1) is 0 Å². The monoisotopic (exact) mass is 429 g/mol. The number of hydrogen-bond acceptors (Lipinski definition) is 7. The SMILES string of the molecule is CC[C@H](C)NCCC(=O)Nc1sc2c(c1-c1nc3cnccc3s1)[C@H](C)CNC2. The van der Waals surface area contributed by atoms with Gasteiger partial charge in [0.15, 0.2) is 0 Å². The van der Waals surface area contributed by atoms with Crippen LogP contribution in [0.2, 0.25) is 0 Å². The molecule has 3 aromatic rings. The largest absolute Gasteiger partial charge is 0.317 e. The molecular formula is C21H27N5OS2. The van der Waals surface area contributed by atoms with E-state index < -0.39 is 0 Å². The maximum atomic E-state index is 12.6. The number of nitrogens with one attached hydrogen (secondary N) is 3. The van der Waals surface area contributed by atoms with Gasteiger partial charge in [0.2, 0.25) is 5.91 Å². The summed E-state index contributed by atoms with van der Waals surface area (Å²) in [4.78, 5) is 23.0. The number of amides is 1. The third-order valence-corrected chi connectivity index (χ3v) is 7.54. The molecule has 3 N–H and O–H groups in total. The van der Waals surface area contributed by atoms with Crippen molar-refractivity contribution in [1.29, 1.82) is 0 Å². The lowest BCUT2D eigenvalue weighted by Crippen LogP contribution is -2.28. The number of hydrogen-bond donors (Lipinski definition) is 3. The second kappa shape index (κ2) is 8.87. The summed E-state index contributed by atoms with van der Waals surface area (Å²) in [5.74, 6) is 0.428. The highest BCUT2D eigenvalue weighted by molar-refractivity contribution is 7.22. The predicted octanol–water partition coefficient (Wildman–Crippen LogP) is 4.34. The van der Waals surface area contributed by atoms with E-state index in [-0.39, 0.29) is 5.91 Å². The molecule has 0 fully saturated rings.